The third-order valence-corrected chi connectivity index (χ3v) is 2.69. The van der Waals surface area contributed by atoms with Crippen LogP contribution in [0.15, 0.2) is 48.8 Å². The van der Waals surface area contributed by atoms with E-state index in [0.29, 0.717) is 12.3 Å². The number of carboxylic acids is 1. The summed E-state index contributed by atoms with van der Waals surface area (Å²) in [5, 5.41) is 11.5. The monoisotopic (exact) mass is 286 g/mol. The van der Waals surface area contributed by atoms with Crippen molar-refractivity contribution < 1.29 is 19.4 Å². The lowest BCUT2D eigenvalue weighted by Crippen LogP contribution is -2.28. The van der Waals surface area contributed by atoms with E-state index in [2.05, 4.69) is 10.3 Å². The molecule has 0 atom stereocenters. The second kappa shape index (κ2) is 7.04. The summed E-state index contributed by atoms with van der Waals surface area (Å²) in [6.07, 6.45) is 3.14. The molecular weight excluding hydrogens is 272 g/mol. The van der Waals surface area contributed by atoms with Gasteiger partial charge in [0.1, 0.15) is 5.75 Å². The van der Waals surface area contributed by atoms with E-state index >= 15 is 0 Å². The minimum Gasteiger partial charge on any atom is -0.482 e. The van der Waals surface area contributed by atoms with Gasteiger partial charge in [-0.05, 0) is 29.8 Å². The van der Waals surface area contributed by atoms with Crippen molar-refractivity contribution in [1.82, 2.24) is 10.3 Å². The van der Waals surface area contributed by atoms with Crippen molar-refractivity contribution in [3.8, 4) is 5.75 Å². The summed E-state index contributed by atoms with van der Waals surface area (Å²) in [4.78, 5) is 26.2. The molecule has 2 aromatic rings. The van der Waals surface area contributed by atoms with Crippen LogP contribution in [-0.4, -0.2) is 28.6 Å². The number of benzene rings is 1. The zero-order valence-corrected chi connectivity index (χ0v) is 11.2. The first-order valence-electron chi connectivity index (χ1n) is 6.27. The summed E-state index contributed by atoms with van der Waals surface area (Å²) >= 11 is 0. The van der Waals surface area contributed by atoms with E-state index in [1.807, 2.05) is 0 Å². The molecule has 2 rings (SSSR count). The van der Waals surface area contributed by atoms with Crippen LogP contribution >= 0.6 is 0 Å². The summed E-state index contributed by atoms with van der Waals surface area (Å²) in [5.41, 5.74) is 1.03. The molecule has 2 N–H and O–H groups in total. The highest BCUT2D eigenvalue weighted by atomic mass is 16.5. The van der Waals surface area contributed by atoms with Crippen LogP contribution in [0.2, 0.25) is 0 Å². The molecule has 21 heavy (non-hydrogen) atoms. The summed E-state index contributed by atoms with van der Waals surface area (Å²) in [6, 6.07) is 9.74. The fraction of sp³-hybridized carbons (Fsp3) is 0.133. The molecule has 0 radical (unpaired) electrons. The Morgan fingerprint density at radius 1 is 1.19 bits per heavy atom. The third-order valence-electron chi connectivity index (χ3n) is 2.69. The SMILES string of the molecule is O=C(COc1cccnc1)NCc1ccc(C(=O)O)cc1. The summed E-state index contributed by atoms with van der Waals surface area (Å²) in [7, 11) is 0. The average molecular weight is 286 g/mol. The van der Waals surface area contributed by atoms with Gasteiger partial charge in [-0.3, -0.25) is 9.78 Å². The zero-order valence-electron chi connectivity index (χ0n) is 11.2. The van der Waals surface area contributed by atoms with Gasteiger partial charge >= 0.3 is 5.97 Å². The number of aromatic carboxylic acids is 1. The normalized spacial score (nSPS) is 9.90. The van der Waals surface area contributed by atoms with Crippen LogP contribution in [0.5, 0.6) is 5.75 Å². The minimum atomic E-state index is -0.976. The molecule has 6 heteroatoms. The number of carbonyl (C=O) groups excluding carboxylic acids is 1. The van der Waals surface area contributed by atoms with E-state index in [0.717, 1.165) is 5.56 Å². The van der Waals surface area contributed by atoms with Crippen LogP contribution in [0.1, 0.15) is 15.9 Å². The topological polar surface area (TPSA) is 88.5 Å². The lowest BCUT2D eigenvalue weighted by molar-refractivity contribution is -0.123. The Labute approximate surface area is 121 Å². The van der Waals surface area contributed by atoms with Crippen molar-refractivity contribution in [2.45, 2.75) is 6.54 Å². The number of hydrogen-bond donors (Lipinski definition) is 2. The van der Waals surface area contributed by atoms with Crippen LogP contribution < -0.4 is 10.1 Å². The largest absolute Gasteiger partial charge is 0.482 e. The molecule has 1 aromatic heterocycles. The van der Waals surface area contributed by atoms with E-state index in [-0.39, 0.29) is 18.1 Å². The van der Waals surface area contributed by atoms with Gasteiger partial charge in [0.2, 0.25) is 0 Å². The van der Waals surface area contributed by atoms with Gasteiger partial charge in [0.05, 0.1) is 11.8 Å². The number of carbonyl (C=O) groups is 2. The number of hydrogen-bond acceptors (Lipinski definition) is 4. The van der Waals surface area contributed by atoms with E-state index in [9.17, 15) is 9.59 Å². The van der Waals surface area contributed by atoms with E-state index in [1.165, 1.54) is 18.3 Å². The number of nitrogens with one attached hydrogen (secondary N) is 1. The first-order valence-corrected chi connectivity index (χ1v) is 6.27. The number of carboxylic acid groups (broad SMARTS) is 1. The molecule has 1 aromatic carbocycles. The molecule has 1 heterocycles. The molecule has 0 bridgehead atoms. The van der Waals surface area contributed by atoms with Crippen LogP contribution in [-0.2, 0) is 11.3 Å². The maximum Gasteiger partial charge on any atom is 0.335 e. The highest BCUT2D eigenvalue weighted by molar-refractivity contribution is 5.87. The Balaban J connectivity index is 1.77. The molecule has 0 unspecified atom stereocenters. The van der Waals surface area contributed by atoms with Crippen molar-refractivity contribution >= 4 is 11.9 Å². The fourth-order valence-corrected chi connectivity index (χ4v) is 1.60. The first-order chi connectivity index (χ1) is 10.1. The van der Waals surface area contributed by atoms with Crippen molar-refractivity contribution in [1.29, 1.82) is 0 Å². The molecule has 0 fully saturated rings. The van der Waals surface area contributed by atoms with Gasteiger partial charge < -0.3 is 15.2 Å². The molecule has 1 amide bonds. The van der Waals surface area contributed by atoms with Crippen molar-refractivity contribution in [3.63, 3.8) is 0 Å². The number of amides is 1. The van der Waals surface area contributed by atoms with Crippen molar-refractivity contribution in [2.24, 2.45) is 0 Å². The third kappa shape index (κ3) is 4.61. The quantitative estimate of drug-likeness (QED) is 0.839. The Kier molecular flexibility index (Phi) is 4.87. The van der Waals surface area contributed by atoms with Gasteiger partial charge in [-0.25, -0.2) is 4.79 Å². The van der Waals surface area contributed by atoms with E-state index < -0.39 is 5.97 Å². The lowest BCUT2D eigenvalue weighted by Gasteiger charge is -2.07. The fourth-order valence-electron chi connectivity index (χ4n) is 1.60. The molecule has 0 saturated carbocycles. The minimum absolute atomic E-state index is 0.0983. The Morgan fingerprint density at radius 2 is 1.95 bits per heavy atom. The molecule has 0 spiro atoms. The maximum atomic E-state index is 11.6. The molecule has 0 aliphatic rings. The highest BCUT2D eigenvalue weighted by Gasteiger charge is 2.04. The zero-order chi connectivity index (χ0) is 15.1. The molecular formula is C15H14N2O4. The Morgan fingerprint density at radius 3 is 2.57 bits per heavy atom. The predicted molar refractivity (Wildman–Crippen MR) is 75.0 cm³/mol. The second-order valence-corrected chi connectivity index (χ2v) is 4.26. The Hall–Kier alpha value is -2.89. The molecule has 0 aliphatic heterocycles. The first kappa shape index (κ1) is 14.5. The predicted octanol–water partition coefficient (Wildman–Crippen LogP) is 1.48. The Bertz CT molecular complexity index is 611. The van der Waals surface area contributed by atoms with E-state index in [4.69, 9.17) is 9.84 Å². The number of aromatic nitrogens is 1. The summed E-state index contributed by atoms with van der Waals surface area (Å²) in [6.45, 7) is 0.216. The number of nitrogens with zero attached hydrogens (tertiary/aromatic N) is 1. The van der Waals surface area contributed by atoms with Crippen LogP contribution in [0, 0.1) is 0 Å². The van der Waals surface area contributed by atoms with Gasteiger partial charge in [0.15, 0.2) is 6.61 Å². The van der Waals surface area contributed by atoms with Gasteiger partial charge in [-0.2, -0.15) is 0 Å². The van der Waals surface area contributed by atoms with Crippen LogP contribution in [0.25, 0.3) is 0 Å². The number of pyridine rings is 1. The van der Waals surface area contributed by atoms with Gasteiger partial charge in [0, 0.05) is 12.7 Å². The van der Waals surface area contributed by atoms with E-state index in [1.54, 1.807) is 30.5 Å². The van der Waals surface area contributed by atoms with Crippen molar-refractivity contribution in [3.05, 3.63) is 59.9 Å². The standard InChI is InChI=1S/C15H14N2O4/c18-14(10-21-13-2-1-7-16-9-13)17-8-11-3-5-12(6-4-11)15(19)20/h1-7,9H,8,10H2,(H,17,18)(H,19,20). The lowest BCUT2D eigenvalue weighted by atomic mass is 10.1. The molecule has 6 nitrogen and oxygen atoms in total. The summed E-state index contributed by atoms with van der Waals surface area (Å²) < 4.78 is 5.25. The molecule has 0 aliphatic carbocycles. The smallest absolute Gasteiger partial charge is 0.335 e. The second-order valence-electron chi connectivity index (χ2n) is 4.26. The van der Waals surface area contributed by atoms with Gasteiger partial charge in [-0.1, -0.05) is 12.1 Å². The summed E-state index contributed by atoms with van der Waals surface area (Å²) in [5.74, 6) is -0.713. The molecule has 0 saturated heterocycles. The maximum absolute atomic E-state index is 11.6. The highest BCUT2D eigenvalue weighted by Crippen LogP contribution is 2.06. The molecule has 108 valence electrons. The van der Waals surface area contributed by atoms with Crippen LogP contribution in [0.3, 0.4) is 0 Å². The van der Waals surface area contributed by atoms with Gasteiger partial charge in [0.25, 0.3) is 5.91 Å². The number of rotatable bonds is 6. The van der Waals surface area contributed by atoms with Crippen molar-refractivity contribution in [2.75, 3.05) is 6.61 Å². The van der Waals surface area contributed by atoms with Gasteiger partial charge in [-0.15, -0.1) is 0 Å². The van der Waals surface area contributed by atoms with Crippen LogP contribution in [0.4, 0.5) is 0 Å². The average Bonchev–Trinajstić information content (AvgIpc) is 2.52. The number of ether oxygens (including phenoxy) is 1.